The van der Waals surface area contributed by atoms with Crippen LogP contribution in [0.5, 0.6) is 5.75 Å². The maximum atomic E-state index is 9.63. The molecular formula is C19H21BrO. The predicted molar refractivity (Wildman–Crippen MR) is 91.0 cm³/mol. The van der Waals surface area contributed by atoms with Crippen molar-refractivity contribution in [3.05, 3.63) is 65.7 Å². The summed E-state index contributed by atoms with van der Waals surface area (Å²) in [6, 6.07) is 18.6. The number of hydrogen-bond donors (Lipinski definition) is 1. The first-order valence-corrected chi connectivity index (χ1v) is 8.61. The number of benzene rings is 2. The van der Waals surface area contributed by atoms with Crippen molar-refractivity contribution in [1.29, 1.82) is 0 Å². The molecule has 0 heterocycles. The van der Waals surface area contributed by atoms with Gasteiger partial charge in [-0.1, -0.05) is 58.4 Å². The van der Waals surface area contributed by atoms with Crippen LogP contribution in [0.25, 0.3) is 0 Å². The molecule has 0 spiro atoms. The zero-order chi connectivity index (χ0) is 14.7. The molecule has 1 fully saturated rings. The van der Waals surface area contributed by atoms with Crippen LogP contribution in [0.15, 0.2) is 54.6 Å². The molecular weight excluding hydrogens is 324 g/mol. The highest BCUT2D eigenvalue weighted by atomic mass is 79.9. The molecule has 0 amide bonds. The van der Waals surface area contributed by atoms with Gasteiger partial charge in [-0.15, -0.1) is 0 Å². The van der Waals surface area contributed by atoms with Gasteiger partial charge in [0.1, 0.15) is 5.75 Å². The van der Waals surface area contributed by atoms with Gasteiger partial charge in [0.2, 0.25) is 0 Å². The lowest BCUT2D eigenvalue weighted by molar-refractivity contribution is 0.334. The van der Waals surface area contributed by atoms with Crippen LogP contribution in [0.4, 0.5) is 0 Å². The third kappa shape index (κ3) is 3.68. The molecule has 21 heavy (non-hydrogen) atoms. The molecule has 0 radical (unpaired) electrons. The second-order valence-electron chi connectivity index (χ2n) is 6.07. The summed E-state index contributed by atoms with van der Waals surface area (Å²) in [5.41, 5.74) is 2.70. The molecule has 0 aromatic heterocycles. The Labute approximate surface area is 135 Å². The average molecular weight is 345 g/mol. The van der Waals surface area contributed by atoms with Gasteiger partial charge in [0.25, 0.3) is 0 Å². The van der Waals surface area contributed by atoms with Crippen LogP contribution in [0, 0.1) is 5.92 Å². The average Bonchev–Trinajstić information content (AvgIpc) is 2.50. The van der Waals surface area contributed by atoms with Crippen LogP contribution < -0.4 is 0 Å². The van der Waals surface area contributed by atoms with Crippen LogP contribution in [-0.4, -0.2) is 9.93 Å². The Kier molecular flexibility index (Phi) is 4.64. The minimum absolute atomic E-state index is 0.369. The minimum Gasteiger partial charge on any atom is -0.508 e. The Bertz CT molecular complexity index is 581. The zero-order valence-corrected chi connectivity index (χ0v) is 13.7. The largest absolute Gasteiger partial charge is 0.508 e. The number of rotatable bonds is 3. The van der Waals surface area contributed by atoms with E-state index >= 15 is 0 Å². The molecule has 3 unspecified atom stereocenters. The lowest BCUT2D eigenvalue weighted by Gasteiger charge is -2.33. The Morgan fingerprint density at radius 3 is 2.57 bits per heavy atom. The summed E-state index contributed by atoms with van der Waals surface area (Å²) in [4.78, 5) is 0.583. The van der Waals surface area contributed by atoms with Gasteiger partial charge in [0.15, 0.2) is 0 Å². The van der Waals surface area contributed by atoms with Crippen molar-refractivity contribution >= 4 is 15.9 Å². The van der Waals surface area contributed by atoms with Gasteiger partial charge < -0.3 is 5.11 Å². The second-order valence-corrected chi connectivity index (χ2v) is 7.25. The topological polar surface area (TPSA) is 20.2 Å². The van der Waals surface area contributed by atoms with Crippen molar-refractivity contribution in [2.24, 2.45) is 5.92 Å². The van der Waals surface area contributed by atoms with Crippen LogP contribution in [0.3, 0.4) is 0 Å². The molecule has 3 rings (SSSR count). The van der Waals surface area contributed by atoms with E-state index in [-0.39, 0.29) is 0 Å². The van der Waals surface area contributed by atoms with Crippen molar-refractivity contribution in [3.63, 3.8) is 0 Å². The smallest absolute Gasteiger partial charge is 0.115 e. The normalized spacial score (nSPS) is 25.7. The monoisotopic (exact) mass is 344 g/mol. The quantitative estimate of drug-likeness (QED) is 0.750. The lowest BCUT2D eigenvalue weighted by atomic mass is 9.76. The van der Waals surface area contributed by atoms with Crippen molar-refractivity contribution < 1.29 is 5.11 Å². The molecule has 2 heteroatoms. The van der Waals surface area contributed by atoms with E-state index in [9.17, 15) is 5.11 Å². The SMILES string of the molecule is Oc1cccc(CC2CC(c3ccccc3)CCC2Br)c1. The predicted octanol–water partition coefficient (Wildman–Crippen LogP) is 5.28. The van der Waals surface area contributed by atoms with Crippen LogP contribution >= 0.6 is 15.9 Å². The van der Waals surface area contributed by atoms with Gasteiger partial charge in [-0.2, -0.15) is 0 Å². The first-order chi connectivity index (χ1) is 10.2. The summed E-state index contributed by atoms with van der Waals surface area (Å²) >= 11 is 3.87. The van der Waals surface area contributed by atoms with Gasteiger partial charge in [0.05, 0.1) is 0 Å². The van der Waals surface area contributed by atoms with E-state index in [0.717, 1.165) is 6.42 Å². The van der Waals surface area contributed by atoms with E-state index in [1.165, 1.54) is 30.4 Å². The number of hydrogen-bond acceptors (Lipinski definition) is 1. The van der Waals surface area contributed by atoms with Crippen molar-refractivity contribution in [2.45, 2.75) is 36.4 Å². The Morgan fingerprint density at radius 1 is 1.00 bits per heavy atom. The molecule has 2 aromatic carbocycles. The van der Waals surface area contributed by atoms with Crippen molar-refractivity contribution in [3.8, 4) is 5.75 Å². The Balaban J connectivity index is 1.72. The molecule has 1 aliphatic carbocycles. The van der Waals surface area contributed by atoms with Crippen molar-refractivity contribution in [2.75, 3.05) is 0 Å². The first-order valence-electron chi connectivity index (χ1n) is 7.69. The highest BCUT2D eigenvalue weighted by Crippen LogP contribution is 2.40. The molecule has 2 aromatic rings. The fraction of sp³-hybridized carbons (Fsp3) is 0.368. The maximum Gasteiger partial charge on any atom is 0.115 e. The molecule has 1 aliphatic rings. The van der Waals surface area contributed by atoms with Crippen LogP contribution in [0.1, 0.15) is 36.3 Å². The van der Waals surface area contributed by atoms with E-state index in [0.29, 0.717) is 22.4 Å². The minimum atomic E-state index is 0.369. The van der Waals surface area contributed by atoms with E-state index in [1.807, 2.05) is 12.1 Å². The van der Waals surface area contributed by atoms with E-state index in [2.05, 4.69) is 52.3 Å². The Hall–Kier alpha value is -1.28. The second kappa shape index (κ2) is 6.65. The molecule has 1 saturated carbocycles. The zero-order valence-electron chi connectivity index (χ0n) is 12.1. The summed E-state index contributed by atoms with van der Waals surface area (Å²) in [5.74, 6) is 1.67. The van der Waals surface area contributed by atoms with Gasteiger partial charge in [-0.25, -0.2) is 0 Å². The molecule has 1 N–H and O–H groups in total. The molecule has 110 valence electrons. The first kappa shape index (κ1) is 14.6. The summed E-state index contributed by atoms with van der Waals surface area (Å²) < 4.78 is 0. The standard InChI is InChI=1S/C19H21BrO/c20-19-10-9-16(15-6-2-1-3-7-15)13-17(19)11-14-5-4-8-18(21)12-14/h1-8,12,16-17,19,21H,9-11,13H2. The molecule has 0 aliphatic heterocycles. The Morgan fingerprint density at radius 2 is 1.81 bits per heavy atom. The number of phenols is 1. The van der Waals surface area contributed by atoms with Gasteiger partial charge >= 0.3 is 0 Å². The summed E-state index contributed by atoms with van der Waals surface area (Å²) in [5, 5.41) is 9.63. The molecule has 0 saturated heterocycles. The van der Waals surface area contributed by atoms with E-state index < -0.39 is 0 Å². The number of aromatic hydroxyl groups is 1. The fourth-order valence-electron chi connectivity index (χ4n) is 3.45. The number of alkyl halides is 1. The van der Waals surface area contributed by atoms with E-state index in [1.54, 1.807) is 6.07 Å². The highest BCUT2D eigenvalue weighted by Gasteiger charge is 2.29. The summed E-state index contributed by atoms with van der Waals surface area (Å²) in [7, 11) is 0. The van der Waals surface area contributed by atoms with Crippen LogP contribution in [-0.2, 0) is 6.42 Å². The third-order valence-electron chi connectivity index (χ3n) is 4.57. The molecule has 1 nitrogen and oxygen atoms in total. The van der Waals surface area contributed by atoms with E-state index in [4.69, 9.17) is 0 Å². The lowest BCUT2D eigenvalue weighted by Crippen LogP contribution is -2.25. The summed E-state index contributed by atoms with van der Waals surface area (Å²) in [6.07, 6.45) is 4.74. The number of phenolic OH excluding ortho intramolecular Hbond substituents is 1. The van der Waals surface area contributed by atoms with Gasteiger partial charge in [-0.3, -0.25) is 0 Å². The van der Waals surface area contributed by atoms with Gasteiger partial charge in [-0.05, 0) is 60.8 Å². The van der Waals surface area contributed by atoms with Crippen LogP contribution in [0.2, 0.25) is 0 Å². The van der Waals surface area contributed by atoms with Crippen molar-refractivity contribution in [1.82, 2.24) is 0 Å². The third-order valence-corrected chi connectivity index (χ3v) is 5.77. The summed E-state index contributed by atoms with van der Waals surface area (Å²) in [6.45, 7) is 0. The molecule has 3 atom stereocenters. The maximum absolute atomic E-state index is 9.63. The molecule has 0 bridgehead atoms. The number of halogens is 1. The fourth-order valence-corrected chi connectivity index (χ4v) is 4.12. The highest BCUT2D eigenvalue weighted by molar-refractivity contribution is 9.09. The van der Waals surface area contributed by atoms with Gasteiger partial charge in [0, 0.05) is 4.83 Å².